The summed E-state index contributed by atoms with van der Waals surface area (Å²) in [4.78, 5) is 0. The Morgan fingerprint density at radius 1 is 0.714 bits per heavy atom. The van der Waals surface area contributed by atoms with Gasteiger partial charge in [0.1, 0.15) is 0 Å². The fourth-order valence-electron chi connectivity index (χ4n) is 0. The summed E-state index contributed by atoms with van der Waals surface area (Å²) >= 11 is 7.42. The van der Waals surface area contributed by atoms with E-state index in [1.165, 1.54) is 0 Å². The second-order valence-corrected chi connectivity index (χ2v) is 49.9. The van der Waals surface area contributed by atoms with E-state index in [9.17, 15) is 0 Å². The van der Waals surface area contributed by atoms with Gasteiger partial charge in [-0.1, -0.05) is 0 Å². The average Bonchev–Trinajstić information content (AvgIpc) is 0.811. The molecule has 0 amide bonds. The average molecular weight is 621 g/mol. The molecule has 0 aromatic carbocycles. The Labute approximate surface area is 84.6 Å². The second-order valence-electron chi connectivity index (χ2n) is 0.136. The summed E-state index contributed by atoms with van der Waals surface area (Å²) in [5.41, 5.74) is 0. The minimum atomic E-state index is -0.359. The van der Waals surface area contributed by atoms with Gasteiger partial charge in [-0.3, -0.25) is 0 Å². The summed E-state index contributed by atoms with van der Waals surface area (Å²) in [7, 11) is 0. The van der Waals surface area contributed by atoms with Gasteiger partial charge in [0.15, 0.2) is 0 Å². The van der Waals surface area contributed by atoms with Crippen LogP contribution in [0, 0.1) is 22.3 Å². The Kier molecular flexibility index (Phi) is 51.3. The molecule has 0 nitrogen and oxygen atoms in total. The van der Waals surface area contributed by atoms with Crippen molar-refractivity contribution in [3.05, 3.63) is 22.3 Å². The number of hydrogen-bond acceptors (Lipinski definition) is 0. The zero-order chi connectivity index (χ0) is 3.58. The van der Waals surface area contributed by atoms with E-state index in [-0.39, 0.29) is 28.5 Å². The second kappa shape index (κ2) is 15.9. The molecule has 0 atom stereocenters. The van der Waals surface area contributed by atoms with Crippen molar-refractivity contribution in [1.82, 2.24) is 0 Å². The predicted molar refractivity (Wildman–Crippen MR) is 61.3 cm³/mol. The topological polar surface area (TPSA) is 0 Å². The standard InChI is InChI=1S/3CH3.3HI.Pt/h3*1H3;3*1H;/q3*-1;;;;+3/p-3. The van der Waals surface area contributed by atoms with Crippen LogP contribution in [-0.4, -0.2) is 0 Å². The van der Waals surface area contributed by atoms with Crippen LogP contribution in [0.3, 0.4) is 0 Å². The maximum absolute atomic E-state index is 2.47. The minimum absolute atomic E-state index is 0. The molecule has 0 aromatic rings. The van der Waals surface area contributed by atoms with E-state index in [1.807, 2.05) is 0 Å². The Balaban J connectivity index is -0.0000000150. The molecule has 0 radical (unpaired) electrons. The van der Waals surface area contributed by atoms with E-state index in [4.69, 9.17) is 0 Å². The van der Waals surface area contributed by atoms with Gasteiger partial charge in [0.05, 0.1) is 0 Å². The van der Waals surface area contributed by atoms with Crippen LogP contribution in [0.4, 0.5) is 0 Å². The van der Waals surface area contributed by atoms with Crippen LogP contribution in [0.15, 0.2) is 0 Å². The van der Waals surface area contributed by atoms with Crippen molar-refractivity contribution in [2.24, 2.45) is 0 Å². The molecule has 0 unspecified atom stereocenters. The van der Waals surface area contributed by atoms with Crippen LogP contribution >= 0.6 is 58.1 Å². The predicted octanol–water partition coefficient (Wildman–Crippen LogP) is 4.01. The van der Waals surface area contributed by atoms with Crippen LogP contribution in [0.5, 0.6) is 0 Å². The normalized spacial score (nSPS) is 6.43. The number of halogens is 3. The summed E-state index contributed by atoms with van der Waals surface area (Å²) in [6.07, 6.45) is -0.359. The first kappa shape index (κ1) is 22.5. The molecule has 7 heavy (non-hydrogen) atoms. The van der Waals surface area contributed by atoms with Crippen molar-refractivity contribution in [2.45, 2.75) is 0 Å². The van der Waals surface area contributed by atoms with E-state index in [1.54, 1.807) is 0 Å². The van der Waals surface area contributed by atoms with Crippen LogP contribution in [-0.2, 0) is 6.27 Å². The van der Waals surface area contributed by atoms with Gasteiger partial charge in [-0.2, -0.15) is 0 Å². The van der Waals surface area contributed by atoms with Gasteiger partial charge in [-0.15, -0.1) is 0 Å². The van der Waals surface area contributed by atoms with E-state index in [2.05, 4.69) is 58.1 Å². The SMILES string of the molecule is [CH3-].[CH3-].[CH3-].[I][Pt]([I])[I]. The van der Waals surface area contributed by atoms with Gasteiger partial charge in [0.2, 0.25) is 0 Å². The third kappa shape index (κ3) is 50.7. The van der Waals surface area contributed by atoms with E-state index in [0.29, 0.717) is 0 Å². The van der Waals surface area contributed by atoms with Gasteiger partial charge in [-0.25, -0.2) is 0 Å². The third-order valence-electron chi connectivity index (χ3n) is 0. The van der Waals surface area contributed by atoms with Gasteiger partial charge in [-0.05, 0) is 0 Å². The van der Waals surface area contributed by atoms with Gasteiger partial charge in [0, 0.05) is 0 Å². The van der Waals surface area contributed by atoms with E-state index < -0.39 is 0 Å². The summed E-state index contributed by atoms with van der Waals surface area (Å²) in [6.45, 7) is 0. The summed E-state index contributed by atoms with van der Waals surface area (Å²) < 4.78 is 0. The molecule has 0 N–H and O–H groups in total. The molecule has 0 spiro atoms. The van der Waals surface area contributed by atoms with Crippen molar-refractivity contribution in [2.75, 3.05) is 0 Å². The van der Waals surface area contributed by atoms with Crippen molar-refractivity contribution in [3.63, 3.8) is 0 Å². The maximum atomic E-state index is 2.47. The summed E-state index contributed by atoms with van der Waals surface area (Å²) in [5, 5.41) is 0. The molecule has 0 heterocycles. The van der Waals surface area contributed by atoms with E-state index >= 15 is 0 Å². The molecular weight excluding hydrogens is 612 g/mol. The first-order valence-corrected chi connectivity index (χ1v) is 19.7. The van der Waals surface area contributed by atoms with E-state index in [0.717, 1.165) is 0 Å². The van der Waals surface area contributed by atoms with Gasteiger partial charge in [0.25, 0.3) is 0 Å². The van der Waals surface area contributed by atoms with Crippen LogP contribution in [0.25, 0.3) is 0 Å². The molecule has 0 aliphatic carbocycles. The first-order valence-electron chi connectivity index (χ1n) is 0.359. The fraction of sp³-hybridized carbons (Fsp3) is 0. The molecule has 0 saturated heterocycles. The van der Waals surface area contributed by atoms with Crippen molar-refractivity contribution >= 4 is 58.1 Å². The van der Waals surface area contributed by atoms with Crippen LogP contribution in [0.1, 0.15) is 0 Å². The molecule has 0 fully saturated rings. The molecule has 0 bridgehead atoms. The fourth-order valence-corrected chi connectivity index (χ4v) is 0. The summed E-state index contributed by atoms with van der Waals surface area (Å²) in [6, 6.07) is 0. The Hall–Kier alpha value is 2.88. The number of rotatable bonds is 0. The number of hydrogen-bond donors (Lipinski definition) is 0. The van der Waals surface area contributed by atoms with Crippen molar-refractivity contribution < 1.29 is 6.27 Å². The molecule has 0 saturated carbocycles. The first-order chi connectivity index (χ1) is 1.73. The molecule has 0 aliphatic heterocycles. The molecule has 4 heteroatoms. The Bertz CT molecular complexity index is 14.9. The summed E-state index contributed by atoms with van der Waals surface area (Å²) in [5.74, 6) is 0. The zero-order valence-electron chi connectivity index (χ0n) is 4.45. The molecule has 0 rings (SSSR count). The molecule has 55 valence electrons. The monoisotopic (exact) mass is 621 g/mol. The molecular formula is C3H9I3Pt-3. The van der Waals surface area contributed by atoms with Gasteiger partial charge >= 0.3 is 64.3 Å². The van der Waals surface area contributed by atoms with Crippen molar-refractivity contribution in [3.8, 4) is 0 Å². The van der Waals surface area contributed by atoms with Gasteiger partial charge < -0.3 is 22.3 Å². The van der Waals surface area contributed by atoms with Crippen LogP contribution in [0.2, 0.25) is 0 Å². The van der Waals surface area contributed by atoms with Crippen molar-refractivity contribution in [1.29, 1.82) is 0 Å². The Morgan fingerprint density at radius 2 is 0.714 bits per heavy atom. The molecule has 0 aromatic heterocycles. The quantitative estimate of drug-likeness (QED) is 0.284. The van der Waals surface area contributed by atoms with Crippen LogP contribution < -0.4 is 0 Å². The molecule has 0 aliphatic rings. The zero-order valence-corrected chi connectivity index (χ0v) is 13.2. The Morgan fingerprint density at radius 3 is 0.714 bits per heavy atom. The third-order valence-corrected chi connectivity index (χ3v) is 0.